The van der Waals surface area contributed by atoms with Crippen LogP contribution < -0.4 is 4.90 Å². The van der Waals surface area contributed by atoms with E-state index < -0.39 is 24.2 Å². The summed E-state index contributed by atoms with van der Waals surface area (Å²) in [6, 6.07) is 48.5. The molecule has 1 aromatic heterocycles. The molecule has 2 heteroatoms. The zero-order chi connectivity index (χ0) is 44.0. The van der Waals surface area contributed by atoms with Crippen molar-refractivity contribution in [3.63, 3.8) is 0 Å². The van der Waals surface area contributed by atoms with E-state index in [9.17, 15) is 11.0 Å². The summed E-state index contributed by atoms with van der Waals surface area (Å²) in [5.74, 6) is 0. The fourth-order valence-corrected chi connectivity index (χ4v) is 7.93. The summed E-state index contributed by atoms with van der Waals surface area (Å²) < 4.78 is 83.8. The molecule has 0 unspecified atom stereocenters. The average molecular weight is 722 g/mol. The zero-order valence-electron chi connectivity index (χ0n) is 37.9. The quantitative estimate of drug-likeness (QED) is 0.170. The Morgan fingerprint density at radius 2 is 0.964 bits per heavy atom. The van der Waals surface area contributed by atoms with E-state index in [-0.39, 0.29) is 46.7 Å². The van der Waals surface area contributed by atoms with Crippen molar-refractivity contribution in [2.24, 2.45) is 0 Å². The first-order chi connectivity index (χ1) is 31.1. The second-order valence-corrected chi connectivity index (χ2v) is 13.8. The van der Waals surface area contributed by atoms with Crippen molar-refractivity contribution in [3.8, 4) is 33.4 Å². The van der Waals surface area contributed by atoms with Crippen molar-refractivity contribution in [2.45, 2.75) is 0 Å². The summed E-state index contributed by atoms with van der Waals surface area (Å²) in [5.41, 5.74) is 3.79. The summed E-state index contributed by atoms with van der Waals surface area (Å²) >= 11 is 0. The molecule has 0 N–H and O–H groups in total. The summed E-state index contributed by atoms with van der Waals surface area (Å²) in [6.07, 6.45) is 0. The number of nitrogens with zero attached hydrogens (tertiary/aromatic N) is 1. The maximum atomic E-state index is 9.77. The Bertz CT molecular complexity index is 3680. The third-order valence-corrected chi connectivity index (χ3v) is 10.6. The van der Waals surface area contributed by atoms with Gasteiger partial charge in [-0.05, 0) is 103 Å². The molecule has 0 spiro atoms. The van der Waals surface area contributed by atoms with E-state index in [0.717, 1.165) is 48.7 Å². The lowest BCUT2D eigenvalue weighted by Gasteiger charge is -2.28. The average Bonchev–Trinajstić information content (AvgIpc) is 3.71. The maximum absolute atomic E-state index is 9.77. The van der Waals surface area contributed by atoms with Crippen molar-refractivity contribution in [1.82, 2.24) is 0 Å². The first-order valence-electron chi connectivity index (χ1n) is 22.5. The molecule has 0 aliphatic carbocycles. The monoisotopic (exact) mass is 721 g/mol. The standard InChI is InChI=1S/C54H35NO/c1-2-13-41-35-42(24-23-36(41)11-1)37-25-30-43(31-26-37)55(44-32-27-39(28-33-44)46-19-9-14-38-12-3-4-16-45(38)46)51-21-7-5-17-47(51)49-20-10-15-40-29-34-50-48-18-6-8-22-52(48)56-54(50)53(40)49/h1-35H/i25D,26D,27D,28D,30D,31D,32D,33D. The lowest BCUT2D eigenvalue weighted by atomic mass is 9.94. The van der Waals surface area contributed by atoms with Crippen LogP contribution in [0.25, 0.3) is 87.6 Å². The van der Waals surface area contributed by atoms with Gasteiger partial charge in [0.05, 0.1) is 16.7 Å². The van der Waals surface area contributed by atoms with Crippen LogP contribution in [0.4, 0.5) is 17.1 Å². The van der Waals surface area contributed by atoms with E-state index in [1.54, 1.807) is 24.3 Å². The van der Waals surface area contributed by atoms with Crippen LogP contribution in [0.2, 0.25) is 0 Å². The summed E-state index contributed by atoms with van der Waals surface area (Å²) in [5, 5.41) is 7.02. The highest BCUT2D eigenvalue weighted by atomic mass is 16.3. The third kappa shape index (κ3) is 5.34. The number of hydrogen-bond donors (Lipinski definition) is 0. The molecule has 0 amide bonds. The van der Waals surface area contributed by atoms with Gasteiger partial charge >= 0.3 is 0 Å². The van der Waals surface area contributed by atoms with Gasteiger partial charge in [0.2, 0.25) is 0 Å². The largest absolute Gasteiger partial charge is 0.455 e. The van der Waals surface area contributed by atoms with E-state index >= 15 is 0 Å². The fourth-order valence-electron chi connectivity index (χ4n) is 7.93. The second kappa shape index (κ2) is 13.2. The highest BCUT2D eigenvalue weighted by Crippen LogP contribution is 2.46. The van der Waals surface area contributed by atoms with Gasteiger partial charge < -0.3 is 9.32 Å². The van der Waals surface area contributed by atoms with Gasteiger partial charge in [0.1, 0.15) is 11.2 Å². The molecule has 11 aromatic rings. The SMILES string of the molecule is [2H]c1c([2H])c(N(c2ccccc2-c2cccc3ccc4c5ccccc5oc4c23)c2c([2H])c([2H])c(-c3cccc4ccccc34)c([2H])c2[2H])c([2H])c([2H])c1-c1ccc2ccccc2c1. The first-order valence-corrected chi connectivity index (χ1v) is 18.5. The van der Waals surface area contributed by atoms with Gasteiger partial charge in [-0.1, -0.05) is 164 Å². The number of anilines is 3. The van der Waals surface area contributed by atoms with E-state index in [0.29, 0.717) is 33.5 Å². The van der Waals surface area contributed by atoms with Crippen LogP contribution in [0.15, 0.2) is 217 Å². The zero-order valence-corrected chi connectivity index (χ0v) is 29.9. The lowest BCUT2D eigenvalue weighted by Crippen LogP contribution is -2.11. The maximum Gasteiger partial charge on any atom is 0.143 e. The van der Waals surface area contributed by atoms with Gasteiger partial charge in [-0.15, -0.1) is 0 Å². The molecule has 10 aromatic carbocycles. The fraction of sp³-hybridized carbons (Fsp3) is 0. The van der Waals surface area contributed by atoms with Crippen LogP contribution in [0.3, 0.4) is 0 Å². The Hall–Kier alpha value is -7.42. The number of furan rings is 1. The van der Waals surface area contributed by atoms with Crippen molar-refractivity contribution < 1.29 is 15.4 Å². The first kappa shape index (κ1) is 24.8. The second-order valence-electron chi connectivity index (χ2n) is 13.8. The molecular formula is C54H35NO. The minimum atomic E-state index is -0.411. The minimum Gasteiger partial charge on any atom is -0.455 e. The van der Waals surface area contributed by atoms with Gasteiger partial charge in [-0.3, -0.25) is 0 Å². The van der Waals surface area contributed by atoms with Crippen molar-refractivity contribution in [1.29, 1.82) is 0 Å². The number of hydrogen-bond acceptors (Lipinski definition) is 2. The molecule has 0 atom stereocenters. The van der Waals surface area contributed by atoms with Gasteiger partial charge in [0.15, 0.2) is 0 Å². The highest BCUT2D eigenvalue weighted by Gasteiger charge is 2.21. The van der Waals surface area contributed by atoms with Gasteiger partial charge in [0.25, 0.3) is 0 Å². The van der Waals surface area contributed by atoms with Gasteiger partial charge in [0, 0.05) is 33.1 Å². The van der Waals surface area contributed by atoms with E-state index in [2.05, 4.69) is 0 Å². The summed E-state index contributed by atoms with van der Waals surface area (Å²) in [4.78, 5) is 1.39. The third-order valence-electron chi connectivity index (χ3n) is 10.6. The molecule has 56 heavy (non-hydrogen) atoms. The number of para-hydroxylation sites is 2. The molecule has 0 aliphatic heterocycles. The predicted octanol–water partition coefficient (Wildman–Crippen LogP) is 15.5. The van der Waals surface area contributed by atoms with Crippen LogP contribution >= 0.6 is 0 Å². The predicted molar refractivity (Wildman–Crippen MR) is 237 cm³/mol. The molecule has 0 aliphatic rings. The minimum absolute atomic E-state index is 0.102. The number of rotatable bonds is 6. The number of benzene rings is 10. The Morgan fingerprint density at radius 1 is 0.375 bits per heavy atom. The molecule has 262 valence electrons. The topological polar surface area (TPSA) is 16.4 Å². The molecule has 0 saturated heterocycles. The Labute approximate surface area is 336 Å². The normalized spacial score (nSPS) is 13.6. The van der Waals surface area contributed by atoms with Crippen LogP contribution in [0.5, 0.6) is 0 Å². The highest BCUT2D eigenvalue weighted by molar-refractivity contribution is 6.19. The molecule has 2 nitrogen and oxygen atoms in total. The molecule has 0 radical (unpaired) electrons. The molecule has 1 heterocycles. The van der Waals surface area contributed by atoms with Crippen molar-refractivity contribution >= 4 is 71.3 Å². The number of fused-ring (bicyclic) bond motifs is 7. The van der Waals surface area contributed by atoms with E-state index in [1.165, 1.54) is 4.90 Å². The van der Waals surface area contributed by atoms with Crippen LogP contribution in [0.1, 0.15) is 11.0 Å². The van der Waals surface area contributed by atoms with Crippen molar-refractivity contribution in [3.05, 3.63) is 212 Å². The molecule has 0 saturated carbocycles. The molecular weight excluding hydrogens is 679 g/mol. The Balaban J connectivity index is 1.22. The molecule has 0 fully saturated rings. The molecule has 0 bridgehead atoms. The van der Waals surface area contributed by atoms with Gasteiger partial charge in [-0.25, -0.2) is 0 Å². The van der Waals surface area contributed by atoms with Crippen molar-refractivity contribution in [2.75, 3.05) is 4.90 Å². The Kier molecular flexibility index (Phi) is 5.83. The smallest absolute Gasteiger partial charge is 0.143 e. The summed E-state index contributed by atoms with van der Waals surface area (Å²) in [6.45, 7) is 0. The van der Waals surface area contributed by atoms with Crippen LogP contribution in [-0.2, 0) is 0 Å². The summed E-state index contributed by atoms with van der Waals surface area (Å²) in [7, 11) is 0. The molecule has 11 rings (SSSR count). The lowest BCUT2D eigenvalue weighted by molar-refractivity contribution is 0.673. The Morgan fingerprint density at radius 3 is 1.79 bits per heavy atom. The van der Waals surface area contributed by atoms with Gasteiger partial charge in [-0.2, -0.15) is 0 Å². The van der Waals surface area contributed by atoms with E-state index in [4.69, 9.17) is 4.42 Å². The van der Waals surface area contributed by atoms with Crippen LogP contribution in [0, 0.1) is 0 Å². The van der Waals surface area contributed by atoms with Crippen LogP contribution in [-0.4, -0.2) is 0 Å². The van der Waals surface area contributed by atoms with E-state index in [1.807, 2.05) is 140 Å².